The van der Waals surface area contributed by atoms with Crippen LogP contribution < -0.4 is 5.73 Å². The standard InChI is InChI=1S/C13H14F3N3O2/c14-13(15,16)10-2-1-9(7-18-10)12(21)19-5-3-8(4-6-19)11(17)20/h1-2,7-8H,3-6H2,(H2,17,20). The number of pyridine rings is 1. The maximum Gasteiger partial charge on any atom is 0.433 e. The van der Waals surface area contributed by atoms with Gasteiger partial charge in [-0.2, -0.15) is 13.2 Å². The molecule has 1 aliphatic heterocycles. The molecule has 2 rings (SSSR count). The van der Waals surface area contributed by atoms with Crippen LogP contribution in [0.4, 0.5) is 13.2 Å². The Morgan fingerprint density at radius 3 is 2.29 bits per heavy atom. The molecular formula is C13H14F3N3O2. The fourth-order valence-corrected chi connectivity index (χ4v) is 2.24. The van der Waals surface area contributed by atoms with Gasteiger partial charge < -0.3 is 10.6 Å². The van der Waals surface area contributed by atoms with E-state index in [0.29, 0.717) is 25.9 Å². The molecule has 1 aliphatic rings. The first-order chi connectivity index (χ1) is 9.79. The summed E-state index contributed by atoms with van der Waals surface area (Å²) in [6.07, 6.45) is -2.67. The van der Waals surface area contributed by atoms with Crippen molar-refractivity contribution in [2.75, 3.05) is 13.1 Å². The highest BCUT2D eigenvalue weighted by atomic mass is 19.4. The third-order valence-electron chi connectivity index (χ3n) is 3.49. The monoisotopic (exact) mass is 301 g/mol. The highest BCUT2D eigenvalue weighted by Gasteiger charge is 2.33. The van der Waals surface area contributed by atoms with Crippen molar-refractivity contribution < 1.29 is 22.8 Å². The van der Waals surface area contributed by atoms with Crippen LogP contribution in [0.2, 0.25) is 0 Å². The Hall–Kier alpha value is -2.12. The number of likely N-dealkylation sites (tertiary alicyclic amines) is 1. The van der Waals surface area contributed by atoms with Gasteiger partial charge in [-0.05, 0) is 25.0 Å². The van der Waals surface area contributed by atoms with Crippen molar-refractivity contribution in [2.45, 2.75) is 19.0 Å². The summed E-state index contributed by atoms with van der Waals surface area (Å²) in [7, 11) is 0. The molecule has 2 heterocycles. The lowest BCUT2D eigenvalue weighted by Crippen LogP contribution is -2.41. The van der Waals surface area contributed by atoms with Gasteiger partial charge in [0, 0.05) is 25.2 Å². The minimum atomic E-state index is -4.53. The molecular weight excluding hydrogens is 287 g/mol. The van der Waals surface area contributed by atoms with Crippen molar-refractivity contribution in [3.63, 3.8) is 0 Å². The van der Waals surface area contributed by atoms with E-state index in [1.807, 2.05) is 0 Å². The first-order valence-electron chi connectivity index (χ1n) is 6.41. The SMILES string of the molecule is NC(=O)C1CCN(C(=O)c2ccc(C(F)(F)F)nc2)CC1. The van der Waals surface area contributed by atoms with Gasteiger partial charge in [0.05, 0.1) is 5.56 Å². The molecule has 0 bridgehead atoms. The second kappa shape index (κ2) is 5.71. The molecule has 0 aliphatic carbocycles. The van der Waals surface area contributed by atoms with Crippen molar-refractivity contribution in [2.24, 2.45) is 11.7 Å². The predicted octanol–water partition coefficient (Wildman–Crippen LogP) is 1.44. The highest BCUT2D eigenvalue weighted by Crippen LogP contribution is 2.27. The molecule has 5 nitrogen and oxygen atoms in total. The number of primary amides is 1. The van der Waals surface area contributed by atoms with Crippen molar-refractivity contribution in [1.82, 2.24) is 9.88 Å². The van der Waals surface area contributed by atoms with Gasteiger partial charge in [-0.25, -0.2) is 0 Å². The van der Waals surface area contributed by atoms with E-state index in [0.717, 1.165) is 18.3 Å². The molecule has 2 amide bonds. The van der Waals surface area contributed by atoms with Gasteiger partial charge in [0.1, 0.15) is 5.69 Å². The number of hydrogen-bond donors (Lipinski definition) is 1. The number of carbonyl (C=O) groups is 2. The normalized spacial score (nSPS) is 16.8. The van der Waals surface area contributed by atoms with Crippen molar-refractivity contribution in [3.8, 4) is 0 Å². The molecule has 0 aromatic carbocycles. The number of halogens is 3. The van der Waals surface area contributed by atoms with Gasteiger partial charge in [-0.15, -0.1) is 0 Å². The summed E-state index contributed by atoms with van der Waals surface area (Å²) in [6.45, 7) is 0.709. The van der Waals surface area contributed by atoms with Gasteiger partial charge in [0.15, 0.2) is 0 Å². The maximum absolute atomic E-state index is 12.4. The number of aromatic nitrogens is 1. The zero-order valence-corrected chi connectivity index (χ0v) is 11.1. The molecule has 21 heavy (non-hydrogen) atoms. The van der Waals surface area contributed by atoms with Crippen LogP contribution in [-0.4, -0.2) is 34.8 Å². The van der Waals surface area contributed by atoms with Crippen LogP contribution in [0.3, 0.4) is 0 Å². The van der Waals surface area contributed by atoms with Gasteiger partial charge >= 0.3 is 6.18 Å². The quantitative estimate of drug-likeness (QED) is 0.898. The Morgan fingerprint density at radius 2 is 1.86 bits per heavy atom. The average molecular weight is 301 g/mol. The Morgan fingerprint density at radius 1 is 1.24 bits per heavy atom. The smallest absolute Gasteiger partial charge is 0.369 e. The molecule has 0 spiro atoms. The van der Waals surface area contributed by atoms with E-state index in [1.165, 1.54) is 4.90 Å². The van der Waals surface area contributed by atoms with Crippen molar-refractivity contribution in [3.05, 3.63) is 29.6 Å². The van der Waals surface area contributed by atoms with Crippen molar-refractivity contribution in [1.29, 1.82) is 0 Å². The zero-order valence-electron chi connectivity index (χ0n) is 11.1. The number of hydrogen-bond acceptors (Lipinski definition) is 3. The lowest BCUT2D eigenvalue weighted by atomic mass is 9.96. The molecule has 0 unspecified atom stereocenters. The molecule has 114 valence electrons. The highest BCUT2D eigenvalue weighted by molar-refractivity contribution is 5.94. The van der Waals surface area contributed by atoms with Gasteiger partial charge in [-0.3, -0.25) is 14.6 Å². The summed E-state index contributed by atoms with van der Waals surface area (Å²) in [5, 5.41) is 0. The molecule has 1 aromatic heterocycles. The third kappa shape index (κ3) is 3.50. The van der Waals surface area contributed by atoms with Crippen LogP contribution in [0.5, 0.6) is 0 Å². The summed E-state index contributed by atoms with van der Waals surface area (Å²) in [5.74, 6) is -1.03. The van der Waals surface area contributed by atoms with Gasteiger partial charge in [-0.1, -0.05) is 0 Å². The van der Waals surface area contributed by atoms with Crippen LogP contribution in [-0.2, 0) is 11.0 Å². The molecule has 2 N–H and O–H groups in total. The van der Waals surface area contributed by atoms with E-state index in [9.17, 15) is 22.8 Å². The molecule has 0 radical (unpaired) electrons. The molecule has 0 saturated carbocycles. The maximum atomic E-state index is 12.4. The second-order valence-electron chi connectivity index (χ2n) is 4.90. The number of piperidine rings is 1. The molecule has 1 saturated heterocycles. The summed E-state index contributed by atoms with van der Waals surface area (Å²) in [4.78, 5) is 27.9. The molecule has 1 aromatic rings. The van der Waals surface area contributed by atoms with Gasteiger partial charge in [0.25, 0.3) is 5.91 Å². The van der Waals surface area contributed by atoms with E-state index >= 15 is 0 Å². The molecule has 0 atom stereocenters. The van der Waals surface area contributed by atoms with Crippen LogP contribution in [0.25, 0.3) is 0 Å². The average Bonchev–Trinajstić information content (AvgIpc) is 2.46. The largest absolute Gasteiger partial charge is 0.433 e. The number of rotatable bonds is 2. The molecule has 8 heteroatoms. The fraction of sp³-hybridized carbons (Fsp3) is 0.462. The topological polar surface area (TPSA) is 76.3 Å². The second-order valence-corrected chi connectivity index (χ2v) is 4.90. The van der Waals surface area contributed by atoms with E-state index < -0.39 is 17.8 Å². The lowest BCUT2D eigenvalue weighted by molar-refractivity contribution is -0.141. The Kier molecular flexibility index (Phi) is 4.15. The van der Waals surface area contributed by atoms with E-state index in [1.54, 1.807) is 0 Å². The summed E-state index contributed by atoms with van der Waals surface area (Å²) in [5.41, 5.74) is 4.26. The summed E-state index contributed by atoms with van der Waals surface area (Å²) < 4.78 is 37.2. The minimum absolute atomic E-state index is 0.0977. The van der Waals surface area contributed by atoms with Crippen LogP contribution in [0.15, 0.2) is 18.3 Å². The Labute approximate surface area is 118 Å². The number of nitrogens with zero attached hydrogens (tertiary/aromatic N) is 2. The third-order valence-corrected chi connectivity index (χ3v) is 3.49. The van der Waals surface area contributed by atoms with E-state index in [4.69, 9.17) is 5.73 Å². The number of amides is 2. The van der Waals surface area contributed by atoms with Crippen LogP contribution in [0.1, 0.15) is 28.9 Å². The van der Waals surface area contributed by atoms with Crippen LogP contribution >= 0.6 is 0 Å². The van der Waals surface area contributed by atoms with E-state index in [-0.39, 0.29) is 17.4 Å². The Balaban J connectivity index is 2.03. The van der Waals surface area contributed by atoms with E-state index in [2.05, 4.69) is 4.98 Å². The first kappa shape index (κ1) is 15.3. The lowest BCUT2D eigenvalue weighted by Gasteiger charge is -2.30. The number of alkyl halides is 3. The summed E-state index contributed by atoms with van der Waals surface area (Å²) in [6, 6.07) is 1.89. The van der Waals surface area contributed by atoms with Crippen LogP contribution in [0, 0.1) is 5.92 Å². The molecule has 1 fully saturated rings. The number of carbonyl (C=O) groups excluding carboxylic acids is 2. The number of nitrogens with two attached hydrogens (primary N) is 1. The minimum Gasteiger partial charge on any atom is -0.369 e. The fourth-order valence-electron chi connectivity index (χ4n) is 2.24. The van der Waals surface area contributed by atoms with Gasteiger partial charge in [0.2, 0.25) is 5.91 Å². The zero-order chi connectivity index (χ0) is 15.6. The summed E-state index contributed by atoms with van der Waals surface area (Å²) >= 11 is 0. The Bertz CT molecular complexity index is 535. The first-order valence-corrected chi connectivity index (χ1v) is 6.41. The predicted molar refractivity (Wildman–Crippen MR) is 67.1 cm³/mol. The van der Waals surface area contributed by atoms with Crippen molar-refractivity contribution >= 4 is 11.8 Å².